The van der Waals surface area contributed by atoms with Crippen molar-refractivity contribution in [1.29, 1.82) is 0 Å². The number of hydrogen-bond acceptors (Lipinski definition) is 4. The molecule has 28 heavy (non-hydrogen) atoms. The zero-order valence-electron chi connectivity index (χ0n) is 17.7. The highest BCUT2D eigenvalue weighted by atomic mass is 14.9. The second-order valence-electron chi connectivity index (χ2n) is 8.42. The Morgan fingerprint density at radius 1 is 0.750 bits per heavy atom. The van der Waals surface area contributed by atoms with Crippen LogP contribution in [0.1, 0.15) is 102 Å². The van der Waals surface area contributed by atoms with Crippen molar-refractivity contribution in [3.8, 4) is 11.4 Å². The summed E-state index contributed by atoms with van der Waals surface area (Å²) in [4.78, 5) is 18.4. The number of nitrogens with zero attached hydrogens (tertiary/aromatic N) is 4. The van der Waals surface area contributed by atoms with Crippen molar-refractivity contribution in [2.24, 2.45) is 5.92 Å². The topological polar surface area (TPSA) is 51.6 Å². The Hall–Kier alpha value is -1.84. The molecule has 0 aromatic carbocycles. The van der Waals surface area contributed by atoms with Crippen LogP contribution in [0.15, 0.2) is 24.8 Å². The van der Waals surface area contributed by atoms with Crippen molar-refractivity contribution in [3.63, 3.8) is 0 Å². The van der Waals surface area contributed by atoms with Crippen LogP contribution in [-0.2, 0) is 6.42 Å². The van der Waals surface area contributed by atoms with Gasteiger partial charge in [-0.15, -0.1) is 0 Å². The van der Waals surface area contributed by atoms with Gasteiger partial charge in [-0.1, -0.05) is 52.4 Å². The Labute approximate surface area is 170 Å². The molecule has 0 unspecified atom stereocenters. The van der Waals surface area contributed by atoms with E-state index in [2.05, 4.69) is 33.8 Å². The molecule has 0 amide bonds. The van der Waals surface area contributed by atoms with E-state index < -0.39 is 0 Å². The lowest BCUT2D eigenvalue weighted by molar-refractivity contribution is 0.297. The lowest BCUT2D eigenvalue weighted by Crippen LogP contribution is -2.15. The first-order chi connectivity index (χ1) is 13.8. The van der Waals surface area contributed by atoms with E-state index in [1.54, 1.807) is 0 Å². The molecular formula is C24H36N4. The first-order valence-electron chi connectivity index (χ1n) is 11.4. The Bertz CT molecular complexity index is 673. The summed E-state index contributed by atoms with van der Waals surface area (Å²) in [6, 6.07) is 0. The fourth-order valence-electron chi connectivity index (χ4n) is 4.27. The normalized spacial score (nSPS) is 19.6. The molecule has 3 rings (SSSR count). The van der Waals surface area contributed by atoms with Crippen LogP contribution in [0.2, 0.25) is 0 Å². The smallest absolute Gasteiger partial charge is 0.162 e. The molecular weight excluding hydrogens is 344 g/mol. The Morgan fingerprint density at radius 3 is 2.04 bits per heavy atom. The largest absolute Gasteiger partial charge is 0.240 e. The molecule has 1 saturated carbocycles. The van der Waals surface area contributed by atoms with Gasteiger partial charge < -0.3 is 0 Å². The zero-order chi connectivity index (χ0) is 19.6. The van der Waals surface area contributed by atoms with Crippen molar-refractivity contribution in [2.45, 2.75) is 96.8 Å². The van der Waals surface area contributed by atoms with Gasteiger partial charge in [0.1, 0.15) is 5.82 Å². The molecule has 0 saturated heterocycles. The van der Waals surface area contributed by atoms with Crippen LogP contribution in [0.25, 0.3) is 11.4 Å². The number of unbranched alkanes of at least 4 members (excludes halogenated alkanes) is 4. The lowest BCUT2D eigenvalue weighted by Gasteiger charge is -2.27. The van der Waals surface area contributed by atoms with Gasteiger partial charge in [-0.2, -0.15) is 0 Å². The maximum Gasteiger partial charge on any atom is 0.162 e. The van der Waals surface area contributed by atoms with Crippen molar-refractivity contribution in [2.75, 3.05) is 0 Å². The fourth-order valence-corrected chi connectivity index (χ4v) is 4.27. The molecule has 4 nitrogen and oxygen atoms in total. The third-order valence-electron chi connectivity index (χ3n) is 6.13. The molecule has 1 aliphatic carbocycles. The van der Waals surface area contributed by atoms with Gasteiger partial charge in [-0.25, -0.2) is 19.9 Å². The van der Waals surface area contributed by atoms with Gasteiger partial charge >= 0.3 is 0 Å². The standard InChI is InChI=1S/C24H36N4/c1-3-5-7-9-19-11-13-21(14-12-19)23-27-17-22(18-28-23)24-25-15-20(16-26-24)10-8-6-4-2/h15-19,21H,3-14H2,1-2H3. The number of hydrogen-bond donors (Lipinski definition) is 0. The van der Waals surface area contributed by atoms with E-state index in [-0.39, 0.29) is 0 Å². The molecule has 4 heteroatoms. The number of aromatic nitrogens is 4. The molecule has 0 bridgehead atoms. The van der Waals surface area contributed by atoms with E-state index >= 15 is 0 Å². The van der Waals surface area contributed by atoms with Crippen LogP contribution in [0.5, 0.6) is 0 Å². The maximum absolute atomic E-state index is 4.67. The van der Waals surface area contributed by atoms with Crippen molar-refractivity contribution >= 4 is 0 Å². The fraction of sp³-hybridized carbons (Fsp3) is 0.667. The number of aryl methyl sites for hydroxylation is 1. The Kier molecular flexibility index (Phi) is 8.38. The Balaban J connectivity index is 1.51. The first kappa shape index (κ1) is 20.9. The SMILES string of the molecule is CCCCCc1cnc(-c2cnc(C3CCC(CCCCC)CC3)nc2)nc1. The predicted octanol–water partition coefficient (Wildman–Crippen LogP) is 6.52. The highest BCUT2D eigenvalue weighted by Gasteiger charge is 2.23. The second kappa shape index (κ2) is 11.2. The molecule has 0 spiro atoms. The molecule has 2 heterocycles. The quantitative estimate of drug-likeness (QED) is 0.440. The highest BCUT2D eigenvalue weighted by molar-refractivity contribution is 5.51. The van der Waals surface area contributed by atoms with E-state index in [0.717, 1.165) is 29.6 Å². The third kappa shape index (κ3) is 6.08. The van der Waals surface area contributed by atoms with E-state index in [9.17, 15) is 0 Å². The van der Waals surface area contributed by atoms with Crippen molar-refractivity contribution < 1.29 is 0 Å². The second-order valence-corrected chi connectivity index (χ2v) is 8.42. The average molecular weight is 381 g/mol. The van der Waals surface area contributed by atoms with Crippen LogP contribution in [0.3, 0.4) is 0 Å². The van der Waals surface area contributed by atoms with Gasteiger partial charge in [-0.05, 0) is 50.0 Å². The minimum absolute atomic E-state index is 0.526. The summed E-state index contributed by atoms with van der Waals surface area (Å²) < 4.78 is 0. The third-order valence-corrected chi connectivity index (χ3v) is 6.13. The highest BCUT2D eigenvalue weighted by Crippen LogP contribution is 2.36. The molecule has 0 N–H and O–H groups in total. The van der Waals surface area contributed by atoms with Gasteiger partial charge in [-0.3, -0.25) is 0 Å². The van der Waals surface area contributed by atoms with Crippen molar-refractivity contribution in [3.05, 3.63) is 36.2 Å². The average Bonchev–Trinajstić information content (AvgIpc) is 2.75. The summed E-state index contributed by atoms with van der Waals surface area (Å²) in [5.41, 5.74) is 2.13. The molecule has 2 aromatic heterocycles. The summed E-state index contributed by atoms with van der Waals surface area (Å²) in [7, 11) is 0. The summed E-state index contributed by atoms with van der Waals surface area (Å²) in [5, 5.41) is 0. The molecule has 1 fully saturated rings. The first-order valence-corrected chi connectivity index (χ1v) is 11.4. The zero-order valence-corrected chi connectivity index (χ0v) is 17.7. The molecule has 0 aliphatic heterocycles. The van der Waals surface area contributed by atoms with Gasteiger partial charge in [0.05, 0.1) is 5.56 Å². The van der Waals surface area contributed by atoms with Crippen LogP contribution in [0.4, 0.5) is 0 Å². The molecule has 152 valence electrons. The molecule has 0 atom stereocenters. The van der Waals surface area contributed by atoms with E-state index in [1.165, 1.54) is 76.2 Å². The van der Waals surface area contributed by atoms with Crippen LogP contribution in [-0.4, -0.2) is 19.9 Å². The minimum atomic E-state index is 0.526. The monoisotopic (exact) mass is 380 g/mol. The van der Waals surface area contributed by atoms with E-state index in [4.69, 9.17) is 0 Å². The van der Waals surface area contributed by atoms with Gasteiger partial charge in [0.25, 0.3) is 0 Å². The summed E-state index contributed by atoms with van der Waals surface area (Å²) in [5.74, 6) is 3.18. The van der Waals surface area contributed by atoms with Gasteiger partial charge in [0, 0.05) is 30.7 Å². The predicted molar refractivity (Wildman–Crippen MR) is 115 cm³/mol. The summed E-state index contributed by atoms with van der Waals surface area (Å²) >= 11 is 0. The molecule has 0 radical (unpaired) electrons. The molecule has 1 aliphatic rings. The maximum atomic E-state index is 4.67. The summed E-state index contributed by atoms with van der Waals surface area (Å²) in [6.45, 7) is 4.51. The Morgan fingerprint density at radius 2 is 1.39 bits per heavy atom. The number of rotatable bonds is 10. The molecule has 2 aromatic rings. The lowest BCUT2D eigenvalue weighted by atomic mass is 9.79. The van der Waals surface area contributed by atoms with E-state index in [0.29, 0.717) is 5.92 Å². The van der Waals surface area contributed by atoms with Crippen molar-refractivity contribution in [1.82, 2.24) is 19.9 Å². The van der Waals surface area contributed by atoms with Crippen LogP contribution >= 0.6 is 0 Å². The van der Waals surface area contributed by atoms with Crippen LogP contribution < -0.4 is 0 Å². The van der Waals surface area contributed by atoms with E-state index in [1.807, 2.05) is 24.8 Å². The van der Waals surface area contributed by atoms with Crippen LogP contribution in [0, 0.1) is 5.92 Å². The summed E-state index contributed by atoms with van der Waals surface area (Å²) in [6.07, 6.45) is 23.1. The van der Waals surface area contributed by atoms with Gasteiger partial charge in [0.2, 0.25) is 0 Å². The minimum Gasteiger partial charge on any atom is -0.240 e. The van der Waals surface area contributed by atoms with Gasteiger partial charge in [0.15, 0.2) is 5.82 Å².